The third kappa shape index (κ3) is 11.1. The third-order valence-corrected chi connectivity index (χ3v) is 23.3. The van der Waals surface area contributed by atoms with Crippen LogP contribution in [0.2, 0.25) is 0 Å². The second kappa shape index (κ2) is 27.3. The molecular weight excluding hydrogens is 1480 g/mol. The van der Waals surface area contributed by atoms with Gasteiger partial charge in [-0.1, -0.05) is 121 Å². The van der Waals surface area contributed by atoms with Crippen LogP contribution in [0.3, 0.4) is 0 Å². The van der Waals surface area contributed by atoms with Crippen molar-refractivity contribution >= 4 is 118 Å². The molecule has 0 fully saturated rings. The normalized spacial score (nSPS) is 12.7. The van der Waals surface area contributed by atoms with Crippen LogP contribution in [0.1, 0.15) is 15.9 Å². The first kappa shape index (κ1) is 67.8. The molecule has 0 saturated carbocycles. The first-order valence-electron chi connectivity index (χ1n) is 39.8. The van der Waals surface area contributed by atoms with Crippen LogP contribution >= 0.6 is 0 Å². The molecule has 20 aromatic rings. The molecule has 0 radical (unpaired) electrons. The summed E-state index contributed by atoms with van der Waals surface area (Å²) in [7, 11) is 0. The van der Waals surface area contributed by atoms with E-state index in [4.69, 9.17) is 38.9 Å². The molecule has 564 valence electrons. The number of hydrogen-bond acceptors (Lipinski definition) is 13. The minimum atomic E-state index is -0.0900. The first-order chi connectivity index (χ1) is 59.4. The summed E-state index contributed by atoms with van der Waals surface area (Å²) in [4.78, 5) is 44.2. The maximum atomic E-state index is 15.0. The van der Waals surface area contributed by atoms with Crippen molar-refractivity contribution in [3.8, 4) is 102 Å². The Balaban J connectivity index is 0.566. The summed E-state index contributed by atoms with van der Waals surface area (Å²) >= 11 is 0. The zero-order valence-electron chi connectivity index (χ0n) is 64.0. The van der Waals surface area contributed by atoms with E-state index in [1.807, 2.05) is 195 Å². The van der Waals surface area contributed by atoms with Crippen LogP contribution in [0.5, 0.6) is 46.0 Å². The number of aromatic nitrogens is 6. The number of para-hydroxylation sites is 16. The molecule has 14 aromatic carbocycles. The highest BCUT2D eigenvalue weighted by molar-refractivity contribution is 6.14. The summed E-state index contributed by atoms with van der Waals surface area (Å²) in [5, 5.41) is 4.21. The predicted octanol–water partition coefficient (Wildman–Crippen LogP) is 27.7. The first-order valence-corrected chi connectivity index (χ1v) is 39.8. The number of pyridine rings is 4. The average molecular weight is 1550 g/mol. The number of nitrogens with zero attached hydrogens (tertiary/aromatic N) is 10. The molecular formula is C105H64N10O5. The number of fused-ring (bicyclic) bond motifs is 14. The van der Waals surface area contributed by atoms with Gasteiger partial charge in [-0.15, -0.1) is 0 Å². The molecule has 0 spiro atoms. The quantitative estimate of drug-likeness (QED) is 0.108. The number of carbonyl (C=O) groups excluding carboxylic acids is 1. The lowest BCUT2D eigenvalue weighted by Crippen LogP contribution is -2.16. The van der Waals surface area contributed by atoms with Gasteiger partial charge in [0.05, 0.1) is 67.6 Å². The summed E-state index contributed by atoms with van der Waals surface area (Å²) in [6, 6.07) is 124. The Hall–Kier alpha value is -16.7. The van der Waals surface area contributed by atoms with Gasteiger partial charge in [0.2, 0.25) is 0 Å². The molecule has 24 rings (SSSR count). The summed E-state index contributed by atoms with van der Waals surface area (Å²) in [5.74, 6) is 9.14. The van der Waals surface area contributed by atoms with Gasteiger partial charge < -0.3 is 28.1 Å². The maximum absolute atomic E-state index is 15.0. The molecule has 0 N–H and O–H groups in total. The highest BCUT2D eigenvalue weighted by Gasteiger charge is 2.32. The molecule has 0 atom stereocenters. The van der Waals surface area contributed by atoms with Crippen LogP contribution in [0.25, 0.3) is 99.5 Å². The number of ketones is 1. The second-order valence-electron chi connectivity index (χ2n) is 30.1. The van der Waals surface area contributed by atoms with Gasteiger partial charge in [0.1, 0.15) is 23.3 Å². The van der Waals surface area contributed by atoms with Gasteiger partial charge in [0.15, 0.2) is 51.8 Å². The van der Waals surface area contributed by atoms with Crippen molar-refractivity contribution in [2.24, 2.45) is 0 Å². The van der Waals surface area contributed by atoms with E-state index in [0.29, 0.717) is 11.1 Å². The van der Waals surface area contributed by atoms with E-state index < -0.39 is 0 Å². The van der Waals surface area contributed by atoms with E-state index in [-0.39, 0.29) is 5.78 Å². The molecule has 0 amide bonds. The van der Waals surface area contributed by atoms with E-state index >= 15 is 0 Å². The van der Waals surface area contributed by atoms with E-state index in [1.54, 1.807) is 0 Å². The Morgan fingerprint density at radius 3 is 0.608 bits per heavy atom. The minimum absolute atomic E-state index is 0.0900. The van der Waals surface area contributed by atoms with Gasteiger partial charge in [-0.3, -0.25) is 24.4 Å². The lowest BCUT2D eigenvalue weighted by molar-refractivity contribution is 0.103. The lowest BCUT2D eigenvalue weighted by atomic mass is 10.0. The van der Waals surface area contributed by atoms with Gasteiger partial charge in [-0.2, -0.15) is 0 Å². The molecule has 0 saturated heterocycles. The standard InChI is InChI=1S/C105H64N10O5/c116-105(65-33-45-75(46-34-65)110-81-49-37-67(71-41-53-101(106-61-71)112-85-17-1-9-25-93(85)117-94-26-10-2-18-86(94)112)57-77(81)78-58-68(38-50-82(78)110)72-42-54-102(107-62-72)113-87-19-3-11-27-95(87)118-96-28-12-4-20-88(96)113)66-35-47-76(48-36-66)111-83-51-39-69(73-43-55-103(108-63-73)114-89-21-5-13-29-97(89)119-98-30-14-6-22-90(98)114)59-79(83)80-60-70(40-52-84(80)111)74-44-56-104(109-64-74)115-91-23-7-15-31-99(91)120-100-32-16-8-24-92(100)115/h1-64H. The number of ether oxygens (including phenoxy) is 4. The summed E-state index contributed by atoms with van der Waals surface area (Å²) in [6.45, 7) is 0. The number of rotatable bonds is 12. The highest BCUT2D eigenvalue weighted by atomic mass is 16.5. The fraction of sp³-hybridized carbons (Fsp3) is 0. The zero-order chi connectivity index (χ0) is 79.0. The van der Waals surface area contributed by atoms with Crippen LogP contribution in [-0.2, 0) is 0 Å². The van der Waals surface area contributed by atoms with Crippen LogP contribution < -0.4 is 38.5 Å². The van der Waals surface area contributed by atoms with Crippen LogP contribution in [0.15, 0.2) is 389 Å². The highest BCUT2D eigenvalue weighted by Crippen LogP contribution is 2.55. The monoisotopic (exact) mass is 1540 g/mol. The average Bonchev–Trinajstić information content (AvgIpc) is 0.866. The summed E-state index contributed by atoms with van der Waals surface area (Å²) in [6.07, 6.45) is 7.81. The molecule has 10 heterocycles. The summed E-state index contributed by atoms with van der Waals surface area (Å²) < 4.78 is 30.0. The van der Waals surface area contributed by atoms with Crippen LogP contribution in [-0.4, -0.2) is 34.9 Å². The van der Waals surface area contributed by atoms with Gasteiger partial charge >= 0.3 is 0 Å². The number of carbonyl (C=O) groups is 1. The fourth-order valence-corrected chi connectivity index (χ4v) is 17.6. The Bertz CT molecular complexity index is 6550. The molecule has 4 aliphatic heterocycles. The van der Waals surface area contributed by atoms with Crippen molar-refractivity contribution in [2.75, 3.05) is 19.6 Å². The van der Waals surface area contributed by atoms with Gasteiger partial charge in [0, 0.05) is 91.1 Å². The van der Waals surface area contributed by atoms with Crippen molar-refractivity contribution in [2.45, 2.75) is 0 Å². The summed E-state index contributed by atoms with van der Waals surface area (Å²) in [5.41, 5.74) is 22.2. The maximum Gasteiger partial charge on any atom is 0.193 e. The van der Waals surface area contributed by atoms with Gasteiger partial charge in [-0.25, -0.2) is 19.9 Å². The zero-order valence-corrected chi connectivity index (χ0v) is 64.0. The van der Waals surface area contributed by atoms with Crippen molar-refractivity contribution in [1.29, 1.82) is 0 Å². The van der Waals surface area contributed by atoms with Gasteiger partial charge in [0.25, 0.3) is 0 Å². The van der Waals surface area contributed by atoms with Crippen molar-refractivity contribution in [3.63, 3.8) is 0 Å². The molecule has 4 aliphatic rings. The minimum Gasteiger partial charge on any atom is -0.453 e. The van der Waals surface area contributed by atoms with E-state index in [2.05, 4.69) is 223 Å². The second-order valence-corrected chi connectivity index (χ2v) is 30.1. The van der Waals surface area contributed by atoms with Gasteiger partial charge in [-0.05, 0) is 265 Å². The number of anilines is 12. The lowest BCUT2D eigenvalue weighted by Gasteiger charge is -2.31. The number of hydrogen-bond donors (Lipinski definition) is 0. The number of benzene rings is 14. The predicted molar refractivity (Wildman–Crippen MR) is 477 cm³/mol. The van der Waals surface area contributed by atoms with E-state index in [9.17, 15) is 4.79 Å². The van der Waals surface area contributed by atoms with Crippen LogP contribution in [0.4, 0.5) is 68.8 Å². The molecule has 6 aromatic heterocycles. The molecule has 15 heteroatoms. The SMILES string of the molecule is O=C(c1ccc(-n2c3ccc(-c4ccc(N5c6ccccc6Oc6ccccc65)nc4)cc3c3cc(-c4ccc(N5c6ccccc6Oc6ccccc65)nc4)ccc32)cc1)c1ccc(-n2c3ccc(-c4ccc(N5c6ccccc6Oc6ccccc65)nc4)cc3c3cc(-c4ccc(N5c6ccccc6Oc6ccccc65)nc4)ccc32)cc1. The Labute approximate surface area is 688 Å². The largest absolute Gasteiger partial charge is 0.453 e. The Morgan fingerprint density at radius 2 is 0.408 bits per heavy atom. The fourth-order valence-electron chi connectivity index (χ4n) is 17.6. The van der Waals surface area contributed by atoms with E-state index in [0.717, 1.165) is 214 Å². The third-order valence-electron chi connectivity index (χ3n) is 23.3. The van der Waals surface area contributed by atoms with Crippen molar-refractivity contribution in [3.05, 3.63) is 400 Å². The molecule has 0 unspecified atom stereocenters. The Morgan fingerprint density at radius 1 is 0.208 bits per heavy atom. The topological polar surface area (TPSA) is 128 Å². The molecule has 120 heavy (non-hydrogen) atoms. The van der Waals surface area contributed by atoms with Crippen LogP contribution in [0, 0.1) is 0 Å². The van der Waals surface area contributed by atoms with Crippen molar-refractivity contribution < 1.29 is 23.7 Å². The molecule has 0 aliphatic carbocycles. The van der Waals surface area contributed by atoms with Crippen molar-refractivity contribution in [1.82, 2.24) is 29.1 Å². The molecule has 0 bridgehead atoms. The van der Waals surface area contributed by atoms with E-state index in [1.165, 1.54) is 0 Å². The molecule has 15 nitrogen and oxygen atoms in total. The Kier molecular flexibility index (Phi) is 15.4. The smallest absolute Gasteiger partial charge is 0.193 e.